The third-order valence-electron chi connectivity index (χ3n) is 3.44. The average molecular weight is 309 g/mol. The zero-order valence-electron chi connectivity index (χ0n) is 12.0. The number of fused-ring (bicyclic) bond motifs is 1. The predicted molar refractivity (Wildman–Crippen MR) is 87.8 cm³/mol. The molecule has 2 aromatic carbocycles. The van der Waals surface area contributed by atoms with Crippen LogP contribution in [0, 0.1) is 18.3 Å². The molecule has 1 N–H and O–H groups in total. The maximum absolute atomic E-state index is 9.28. The Morgan fingerprint density at radius 3 is 2.77 bits per heavy atom. The highest BCUT2D eigenvalue weighted by molar-refractivity contribution is 6.31. The molecule has 0 saturated carbocycles. The molecule has 0 radical (unpaired) electrons. The zero-order chi connectivity index (χ0) is 15.5. The summed E-state index contributed by atoms with van der Waals surface area (Å²) in [6.45, 7) is 2.52. The second-order valence-electron chi connectivity index (χ2n) is 5.00. The van der Waals surface area contributed by atoms with Gasteiger partial charge in [-0.15, -0.1) is 10.2 Å². The number of aromatic nitrogens is 2. The van der Waals surface area contributed by atoms with Crippen molar-refractivity contribution in [3.8, 4) is 6.07 Å². The summed E-state index contributed by atoms with van der Waals surface area (Å²) in [5, 5.41) is 22.2. The van der Waals surface area contributed by atoms with Gasteiger partial charge >= 0.3 is 0 Å². The van der Waals surface area contributed by atoms with Gasteiger partial charge in [-0.1, -0.05) is 41.4 Å². The topological polar surface area (TPSA) is 61.6 Å². The monoisotopic (exact) mass is 308 g/mol. The number of halogens is 1. The molecule has 0 aliphatic carbocycles. The first kappa shape index (κ1) is 14.3. The molecule has 3 rings (SSSR count). The Morgan fingerprint density at radius 2 is 2.00 bits per heavy atom. The summed E-state index contributed by atoms with van der Waals surface area (Å²) >= 11 is 6.17. The second kappa shape index (κ2) is 6.00. The first-order chi connectivity index (χ1) is 10.7. The molecule has 0 fully saturated rings. The number of aryl methyl sites for hydroxylation is 1. The summed E-state index contributed by atoms with van der Waals surface area (Å²) in [6, 6.07) is 15.6. The van der Waals surface area contributed by atoms with Crippen molar-refractivity contribution < 1.29 is 0 Å². The smallest absolute Gasteiger partial charge is 0.186 e. The van der Waals surface area contributed by atoms with Crippen LogP contribution in [0.5, 0.6) is 0 Å². The van der Waals surface area contributed by atoms with Gasteiger partial charge in [0, 0.05) is 17.0 Å². The molecular weight excluding hydrogens is 296 g/mol. The lowest BCUT2D eigenvalue weighted by atomic mass is 10.1. The van der Waals surface area contributed by atoms with Crippen LogP contribution in [0.1, 0.15) is 16.8 Å². The largest absolute Gasteiger partial charge is 0.378 e. The predicted octanol–water partition coefficient (Wildman–Crippen LogP) is 4.08. The van der Waals surface area contributed by atoms with E-state index in [4.69, 9.17) is 11.6 Å². The van der Waals surface area contributed by atoms with Crippen molar-refractivity contribution in [3.63, 3.8) is 0 Å². The van der Waals surface area contributed by atoms with Crippen LogP contribution in [0.15, 0.2) is 42.5 Å². The maximum atomic E-state index is 9.28. The van der Waals surface area contributed by atoms with Gasteiger partial charge in [-0.05, 0) is 30.7 Å². The maximum Gasteiger partial charge on any atom is 0.186 e. The van der Waals surface area contributed by atoms with E-state index in [9.17, 15) is 5.26 Å². The van der Waals surface area contributed by atoms with E-state index in [0.29, 0.717) is 17.3 Å². The van der Waals surface area contributed by atoms with Crippen molar-refractivity contribution in [1.29, 1.82) is 5.26 Å². The van der Waals surface area contributed by atoms with E-state index in [0.717, 1.165) is 22.0 Å². The fourth-order valence-corrected chi connectivity index (χ4v) is 2.50. The molecule has 0 saturated heterocycles. The Bertz CT molecular complexity index is 883. The van der Waals surface area contributed by atoms with Crippen LogP contribution in [0.2, 0.25) is 5.02 Å². The van der Waals surface area contributed by atoms with Gasteiger partial charge in [0.05, 0.1) is 11.2 Å². The number of nitrogens with zero attached hydrogens (tertiary/aromatic N) is 3. The van der Waals surface area contributed by atoms with Gasteiger partial charge in [0.25, 0.3) is 0 Å². The van der Waals surface area contributed by atoms with Gasteiger partial charge in [-0.2, -0.15) is 5.26 Å². The van der Waals surface area contributed by atoms with Gasteiger partial charge < -0.3 is 5.32 Å². The minimum atomic E-state index is 0.283. The number of rotatable bonds is 3. The minimum absolute atomic E-state index is 0.283. The second-order valence-corrected chi connectivity index (χ2v) is 5.41. The molecule has 0 aliphatic rings. The molecular formula is C17H13ClN4. The fourth-order valence-electron chi connectivity index (χ4n) is 2.30. The third kappa shape index (κ3) is 2.72. The van der Waals surface area contributed by atoms with Crippen LogP contribution in [-0.2, 0) is 6.54 Å². The lowest BCUT2D eigenvalue weighted by Gasteiger charge is -2.11. The molecule has 0 aliphatic heterocycles. The lowest BCUT2D eigenvalue weighted by molar-refractivity contribution is 1.04. The van der Waals surface area contributed by atoms with Crippen LogP contribution in [-0.4, -0.2) is 10.2 Å². The number of benzene rings is 2. The van der Waals surface area contributed by atoms with E-state index in [1.807, 2.05) is 49.4 Å². The summed E-state index contributed by atoms with van der Waals surface area (Å²) in [4.78, 5) is 0. The summed E-state index contributed by atoms with van der Waals surface area (Å²) in [5.41, 5.74) is 3.79. The Labute approximate surface area is 133 Å². The van der Waals surface area contributed by atoms with E-state index < -0.39 is 0 Å². The molecule has 0 spiro atoms. The number of hydrogen-bond donors (Lipinski definition) is 1. The highest BCUT2D eigenvalue weighted by Crippen LogP contribution is 2.26. The molecule has 22 heavy (non-hydrogen) atoms. The molecule has 5 heteroatoms. The number of nitriles is 1. The first-order valence-corrected chi connectivity index (χ1v) is 7.21. The lowest BCUT2D eigenvalue weighted by Crippen LogP contribution is -2.05. The Hall–Kier alpha value is -2.64. The van der Waals surface area contributed by atoms with Crippen molar-refractivity contribution in [3.05, 3.63) is 64.3 Å². The van der Waals surface area contributed by atoms with Crippen molar-refractivity contribution in [2.45, 2.75) is 13.5 Å². The summed E-state index contributed by atoms with van der Waals surface area (Å²) in [5.74, 6) is 0. The number of nitrogens with one attached hydrogen (secondary N) is 1. The van der Waals surface area contributed by atoms with Gasteiger partial charge in [-0.3, -0.25) is 0 Å². The SMILES string of the molecule is Cc1ccc2nnc(C#N)c(NCc3ccccc3Cl)c2c1. The van der Waals surface area contributed by atoms with Crippen molar-refractivity contribution in [1.82, 2.24) is 10.2 Å². The molecule has 3 aromatic rings. The molecule has 1 heterocycles. The van der Waals surface area contributed by atoms with E-state index >= 15 is 0 Å². The Morgan fingerprint density at radius 1 is 1.18 bits per heavy atom. The minimum Gasteiger partial charge on any atom is -0.378 e. The van der Waals surface area contributed by atoms with Crippen molar-refractivity contribution >= 4 is 28.2 Å². The molecule has 4 nitrogen and oxygen atoms in total. The molecule has 1 aromatic heterocycles. The molecule has 0 atom stereocenters. The van der Waals surface area contributed by atoms with Crippen LogP contribution < -0.4 is 5.32 Å². The first-order valence-electron chi connectivity index (χ1n) is 6.83. The van der Waals surface area contributed by atoms with Crippen LogP contribution in [0.4, 0.5) is 5.69 Å². The van der Waals surface area contributed by atoms with E-state index in [-0.39, 0.29) is 5.69 Å². The van der Waals surface area contributed by atoms with Crippen LogP contribution >= 0.6 is 11.6 Å². The Kier molecular flexibility index (Phi) is 3.90. The Balaban J connectivity index is 2.03. The van der Waals surface area contributed by atoms with Gasteiger partial charge in [-0.25, -0.2) is 0 Å². The molecule has 108 valence electrons. The third-order valence-corrected chi connectivity index (χ3v) is 3.80. The number of hydrogen-bond acceptors (Lipinski definition) is 4. The van der Waals surface area contributed by atoms with Crippen molar-refractivity contribution in [2.75, 3.05) is 5.32 Å². The summed E-state index contributed by atoms with van der Waals surface area (Å²) < 4.78 is 0. The summed E-state index contributed by atoms with van der Waals surface area (Å²) in [7, 11) is 0. The van der Waals surface area contributed by atoms with Gasteiger partial charge in [0.1, 0.15) is 6.07 Å². The van der Waals surface area contributed by atoms with E-state index in [1.54, 1.807) is 0 Å². The average Bonchev–Trinajstić information content (AvgIpc) is 2.53. The van der Waals surface area contributed by atoms with Crippen molar-refractivity contribution in [2.24, 2.45) is 0 Å². The van der Waals surface area contributed by atoms with E-state index in [2.05, 4.69) is 21.6 Å². The normalized spacial score (nSPS) is 10.4. The zero-order valence-corrected chi connectivity index (χ0v) is 12.7. The number of anilines is 1. The highest BCUT2D eigenvalue weighted by Gasteiger charge is 2.11. The molecule has 0 bridgehead atoms. The van der Waals surface area contributed by atoms with Crippen LogP contribution in [0.3, 0.4) is 0 Å². The summed E-state index contributed by atoms with van der Waals surface area (Å²) in [6.07, 6.45) is 0. The standard InChI is InChI=1S/C17H13ClN4/c1-11-6-7-15-13(8-11)17(16(9-19)22-21-15)20-10-12-4-2-3-5-14(12)18/h2-8H,10H2,1H3,(H,20,21). The van der Waals surface area contributed by atoms with Crippen LogP contribution in [0.25, 0.3) is 10.9 Å². The van der Waals surface area contributed by atoms with Gasteiger partial charge in [0.2, 0.25) is 0 Å². The van der Waals surface area contributed by atoms with E-state index in [1.165, 1.54) is 0 Å². The van der Waals surface area contributed by atoms with Gasteiger partial charge in [0.15, 0.2) is 5.69 Å². The molecule has 0 unspecified atom stereocenters. The quantitative estimate of drug-likeness (QED) is 0.792. The molecule has 0 amide bonds. The highest BCUT2D eigenvalue weighted by atomic mass is 35.5. The fraction of sp³-hybridized carbons (Fsp3) is 0.118.